The maximum Gasteiger partial charge on any atom is 0.123 e. The molecule has 112 valence electrons. The van der Waals surface area contributed by atoms with Gasteiger partial charge in [0, 0.05) is 41.0 Å². The highest BCUT2D eigenvalue weighted by Gasteiger charge is 2.17. The number of rotatable bonds is 8. The lowest BCUT2D eigenvalue weighted by atomic mass is 10.2. The fourth-order valence-electron chi connectivity index (χ4n) is 2.28. The van der Waals surface area contributed by atoms with Gasteiger partial charge in [-0.3, -0.25) is 4.21 Å². The van der Waals surface area contributed by atoms with E-state index in [4.69, 9.17) is 15.2 Å². The molecule has 2 rings (SSSR count). The van der Waals surface area contributed by atoms with E-state index in [1.54, 1.807) is 0 Å². The fourth-order valence-corrected chi connectivity index (χ4v) is 3.57. The predicted octanol–water partition coefficient (Wildman–Crippen LogP) is 1.84. The summed E-state index contributed by atoms with van der Waals surface area (Å²) in [6, 6.07) is 7.77. The van der Waals surface area contributed by atoms with Crippen molar-refractivity contribution in [3.8, 4) is 5.75 Å². The molecule has 0 radical (unpaired) electrons. The molecule has 1 aromatic carbocycles. The second-order valence-electron chi connectivity index (χ2n) is 4.96. The van der Waals surface area contributed by atoms with Crippen molar-refractivity contribution in [1.29, 1.82) is 0 Å². The van der Waals surface area contributed by atoms with Gasteiger partial charge in [-0.05, 0) is 25.3 Å². The van der Waals surface area contributed by atoms with Crippen LogP contribution in [0.1, 0.15) is 24.8 Å². The third-order valence-corrected chi connectivity index (χ3v) is 4.85. The van der Waals surface area contributed by atoms with Crippen molar-refractivity contribution in [2.24, 2.45) is 5.73 Å². The van der Waals surface area contributed by atoms with E-state index in [1.807, 2.05) is 24.3 Å². The lowest BCUT2D eigenvalue weighted by molar-refractivity contribution is 0.128. The molecule has 1 saturated heterocycles. The number of para-hydroxylation sites is 1. The van der Waals surface area contributed by atoms with Gasteiger partial charge in [0.15, 0.2) is 0 Å². The Bertz CT molecular complexity index is 433. The number of benzene rings is 1. The first-order chi connectivity index (χ1) is 9.79. The Kier molecular flexibility index (Phi) is 6.50. The van der Waals surface area contributed by atoms with Gasteiger partial charge < -0.3 is 15.2 Å². The quantitative estimate of drug-likeness (QED) is 0.744. The third kappa shape index (κ3) is 4.89. The Balaban J connectivity index is 1.64. The van der Waals surface area contributed by atoms with Crippen molar-refractivity contribution in [1.82, 2.24) is 0 Å². The van der Waals surface area contributed by atoms with E-state index in [-0.39, 0.29) is 6.10 Å². The first-order valence-corrected chi connectivity index (χ1v) is 8.65. The molecule has 1 fully saturated rings. The minimum Gasteiger partial charge on any atom is -0.493 e. The van der Waals surface area contributed by atoms with Crippen LogP contribution >= 0.6 is 0 Å². The van der Waals surface area contributed by atoms with E-state index in [0.717, 1.165) is 37.2 Å². The van der Waals surface area contributed by atoms with Gasteiger partial charge in [0.25, 0.3) is 0 Å². The second kappa shape index (κ2) is 8.39. The SMILES string of the molecule is NCc1ccccc1OCCCS(=O)CC1CCCO1. The van der Waals surface area contributed by atoms with Crippen LogP contribution in [-0.4, -0.2) is 35.0 Å². The summed E-state index contributed by atoms with van der Waals surface area (Å²) in [6.07, 6.45) is 3.14. The largest absolute Gasteiger partial charge is 0.493 e. The zero-order valence-electron chi connectivity index (χ0n) is 11.8. The lowest BCUT2D eigenvalue weighted by Gasteiger charge is -2.11. The van der Waals surface area contributed by atoms with Crippen molar-refractivity contribution < 1.29 is 13.7 Å². The maximum absolute atomic E-state index is 11.9. The highest BCUT2D eigenvalue weighted by atomic mass is 32.2. The summed E-state index contributed by atoms with van der Waals surface area (Å²) >= 11 is 0. The fraction of sp³-hybridized carbons (Fsp3) is 0.600. The van der Waals surface area contributed by atoms with Crippen LogP contribution in [0.15, 0.2) is 24.3 Å². The van der Waals surface area contributed by atoms with E-state index >= 15 is 0 Å². The molecule has 2 unspecified atom stereocenters. The van der Waals surface area contributed by atoms with Crippen LogP contribution in [0.3, 0.4) is 0 Å². The van der Waals surface area contributed by atoms with Crippen molar-refractivity contribution in [2.75, 3.05) is 24.7 Å². The van der Waals surface area contributed by atoms with Gasteiger partial charge in [0.2, 0.25) is 0 Å². The molecule has 1 aromatic rings. The molecular weight excluding hydrogens is 274 g/mol. The summed E-state index contributed by atoms with van der Waals surface area (Å²) in [5, 5.41) is 0. The number of ether oxygens (including phenoxy) is 2. The Morgan fingerprint density at radius 1 is 1.40 bits per heavy atom. The van der Waals surface area contributed by atoms with E-state index in [2.05, 4.69) is 0 Å². The average Bonchev–Trinajstić information content (AvgIpc) is 2.97. The van der Waals surface area contributed by atoms with E-state index in [9.17, 15) is 4.21 Å². The molecule has 1 aliphatic heterocycles. The summed E-state index contributed by atoms with van der Waals surface area (Å²) in [6.45, 7) is 1.87. The van der Waals surface area contributed by atoms with E-state index in [1.165, 1.54) is 0 Å². The third-order valence-electron chi connectivity index (χ3n) is 3.36. The summed E-state index contributed by atoms with van der Waals surface area (Å²) in [5.74, 6) is 2.17. The van der Waals surface area contributed by atoms with Crippen LogP contribution in [0.25, 0.3) is 0 Å². The van der Waals surface area contributed by atoms with E-state index < -0.39 is 10.8 Å². The molecule has 0 saturated carbocycles. The van der Waals surface area contributed by atoms with Crippen LogP contribution in [-0.2, 0) is 22.1 Å². The molecule has 2 N–H and O–H groups in total. The standard InChI is InChI=1S/C15H23NO3S/c16-11-13-5-1-2-7-15(13)19-9-4-10-20(17)12-14-6-3-8-18-14/h1-2,5,7,14H,3-4,6,8-12,16H2. The molecule has 5 heteroatoms. The van der Waals surface area contributed by atoms with Crippen molar-refractivity contribution in [2.45, 2.75) is 31.9 Å². The molecule has 20 heavy (non-hydrogen) atoms. The second-order valence-corrected chi connectivity index (χ2v) is 6.58. The molecule has 0 aliphatic carbocycles. The van der Waals surface area contributed by atoms with Gasteiger partial charge in [-0.2, -0.15) is 0 Å². The van der Waals surface area contributed by atoms with Gasteiger partial charge in [0.1, 0.15) is 5.75 Å². The first kappa shape index (κ1) is 15.5. The monoisotopic (exact) mass is 297 g/mol. The molecular formula is C15H23NO3S. The van der Waals surface area contributed by atoms with Crippen molar-refractivity contribution in [3.05, 3.63) is 29.8 Å². The average molecular weight is 297 g/mol. The summed E-state index contributed by atoms with van der Waals surface area (Å²) < 4.78 is 23.1. The minimum atomic E-state index is -0.805. The topological polar surface area (TPSA) is 61.5 Å². The zero-order valence-corrected chi connectivity index (χ0v) is 12.6. The van der Waals surface area contributed by atoms with Crippen LogP contribution in [0.5, 0.6) is 5.75 Å². The molecule has 0 amide bonds. The molecule has 1 heterocycles. The van der Waals surface area contributed by atoms with Gasteiger partial charge in [-0.25, -0.2) is 0 Å². The van der Waals surface area contributed by atoms with E-state index in [0.29, 0.717) is 24.7 Å². The van der Waals surface area contributed by atoms with Crippen molar-refractivity contribution >= 4 is 10.8 Å². The summed E-state index contributed by atoms with van der Waals surface area (Å²) in [4.78, 5) is 0. The normalized spacial score (nSPS) is 19.9. The maximum atomic E-state index is 11.9. The Labute approximate surface area is 123 Å². The summed E-state index contributed by atoms with van der Waals surface area (Å²) in [7, 11) is -0.805. The molecule has 0 bridgehead atoms. The zero-order chi connectivity index (χ0) is 14.2. The molecule has 0 spiro atoms. The van der Waals surface area contributed by atoms with Crippen LogP contribution in [0, 0.1) is 0 Å². The Morgan fingerprint density at radius 3 is 3.00 bits per heavy atom. The first-order valence-electron chi connectivity index (χ1n) is 7.17. The van der Waals surface area contributed by atoms with Crippen molar-refractivity contribution in [3.63, 3.8) is 0 Å². The number of hydrogen-bond acceptors (Lipinski definition) is 4. The smallest absolute Gasteiger partial charge is 0.123 e. The summed E-state index contributed by atoms with van der Waals surface area (Å²) in [5.41, 5.74) is 6.66. The molecule has 1 aliphatic rings. The lowest BCUT2D eigenvalue weighted by Crippen LogP contribution is -2.18. The Morgan fingerprint density at radius 2 is 2.25 bits per heavy atom. The minimum absolute atomic E-state index is 0.203. The van der Waals surface area contributed by atoms with Gasteiger partial charge >= 0.3 is 0 Å². The predicted molar refractivity (Wildman–Crippen MR) is 81.3 cm³/mol. The van der Waals surface area contributed by atoms with Crippen LogP contribution < -0.4 is 10.5 Å². The molecule has 2 atom stereocenters. The number of nitrogens with two attached hydrogens (primary N) is 1. The van der Waals surface area contributed by atoms with Gasteiger partial charge in [-0.1, -0.05) is 18.2 Å². The highest BCUT2D eigenvalue weighted by molar-refractivity contribution is 7.85. The van der Waals surface area contributed by atoms with Crippen LogP contribution in [0.2, 0.25) is 0 Å². The van der Waals surface area contributed by atoms with Crippen LogP contribution in [0.4, 0.5) is 0 Å². The molecule has 0 aromatic heterocycles. The molecule has 4 nitrogen and oxygen atoms in total. The van der Waals surface area contributed by atoms with Gasteiger partial charge in [-0.15, -0.1) is 0 Å². The number of hydrogen-bond donors (Lipinski definition) is 1. The Hall–Kier alpha value is -0.910. The van der Waals surface area contributed by atoms with Gasteiger partial charge in [0.05, 0.1) is 12.7 Å². The highest BCUT2D eigenvalue weighted by Crippen LogP contribution is 2.17.